The van der Waals surface area contributed by atoms with Gasteiger partial charge in [-0.05, 0) is 56.8 Å². The van der Waals surface area contributed by atoms with Crippen LogP contribution in [0.2, 0.25) is 0 Å². The molecule has 2 fully saturated rings. The molecular weight excluding hydrogens is 172 g/mol. The molecular formula is C13H20O. The second-order valence-electron chi connectivity index (χ2n) is 5.52. The third-order valence-corrected chi connectivity index (χ3v) is 4.40. The summed E-state index contributed by atoms with van der Waals surface area (Å²) in [5.74, 6) is 3.69. The Labute approximate surface area is 86.5 Å². The molecule has 0 aromatic rings. The summed E-state index contributed by atoms with van der Waals surface area (Å²) in [5, 5.41) is 0. The molecule has 78 valence electrons. The van der Waals surface area contributed by atoms with Crippen LogP contribution in [0.4, 0.5) is 0 Å². The fraction of sp³-hybridized carbons (Fsp3) is 0.846. The van der Waals surface area contributed by atoms with Crippen molar-refractivity contribution in [1.29, 1.82) is 0 Å². The van der Waals surface area contributed by atoms with Crippen molar-refractivity contribution in [2.24, 2.45) is 23.7 Å². The molecule has 0 radical (unpaired) electrons. The maximum atomic E-state index is 6.02. The molecule has 4 unspecified atom stereocenters. The highest BCUT2D eigenvalue weighted by atomic mass is 16.5. The predicted octanol–water partition coefficient (Wildman–Crippen LogP) is 3.01. The van der Waals surface area contributed by atoms with E-state index in [4.69, 9.17) is 4.74 Å². The minimum atomic E-state index is 0.406. The average molecular weight is 192 g/mol. The van der Waals surface area contributed by atoms with Crippen molar-refractivity contribution in [2.75, 3.05) is 0 Å². The van der Waals surface area contributed by atoms with E-state index in [-0.39, 0.29) is 0 Å². The molecule has 14 heavy (non-hydrogen) atoms. The molecule has 1 nitrogen and oxygen atoms in total. The van der Waals surface area contributed by atoms with Crippen LogP contribution in [-0.2, 0) is 4.74 Å². The van der Waals surface area contributed by atoms with Gasteiger partial charge in [0.25, 0.3) is 0 Å². The summed E-state index contributed by atoms with van der Waals surface area (Å²) < 4.78 is 6.02. The van der Waals surface area contributed by atoms with E-state index in [1.54, 1.807) is 0 Å². The zero-order chi connectivity index (χ0) is 9.71. The van der Waals surface area contributed by atoms with E-state index in [1.807, 2.05) is 0 Å². The fourth-order valence-corrected chi connectivity index (χ4v) is 3.99. The smallest absolute Gasteiger partial charge is 0.0615 e. The Bertz CT molecular complexity index is 256. The van der Waals surface area contributed by atoms with Crippen LogP contribution in [0.15, 0.2) is 12.2 Å². The maximum Gasteiger partial charge on any atom is 0.0615 e. The quantitative estimate of drug-likeness (QED) is 0.611. The van der Waals surface area contributed by atoms with Gasteiger partial charge in [-0.1, -0.05) is 12.2 Å². The second kappa shape index (κ2) is 3.10. The molecule has 0 aliphatic heterocycles. The summed E-state index contributed by atoms with van der Waals surface area (Å²) in [4.78, 5) is 0. The molecule has 5 atom stereocenters. The molecule has 3 aliphatic rings. The highest BCUT2D eigenvalue weighted by molar-refractivity contribution is 5.14. The lowest BCUT2D eigenvalue weighted by Gasteiger charge is -2.32. The summed E-state index contributed by atoms with van der Waals surface area (Å²) in [6.07, 6.45) is 9.97. The zero-order valence-corrected chi connectivity index (χ0v) is 9.15. The standard InChI is InChI=1S/C13H20O/c1-8(2)14-13-7-9-6-12(13)11-5-3-4-10(9)11/h3,5,8-13H,4,6-7H2,1-2H3/t9-,10?,11?,12?,13?/m1/s1. The van der Waals surface area contributed by atoms with Crippen LogP contribution in [0.1, 0.15) is 33.1 Å². The van der Waals surface area contributed by atoms with E-state index in [2.05, 4.69) is 26.0 Å². The molecule has 2 bridgehead atoms. The Morgan fingerprint density at radius 2 is 2.07 bits per heavy atom. The van der Waals surface area contributed by atoms with Crippen LogP contribution in [0.5, 0.6) is 0 Å². The first-order valence-corrected chi connectivity index (χ1v) is 6.08. The fourth-order valence-electron chi connectivity index (χ4n) is 3.99. The van der Waals surface area contributed by atoms with Crippen molar-refractivity contribution in [3.8, 4) is 0 Å². The number of hydrogen-bond donors (Lipinski definition) is 0. The summed E-state index contributed by atoms with van der Waals surface area (Å²) in [6, 6.07) is 0. The van der Waals surface area contributed by atoms with Crippen molar-refractivity contribution >= 4 is 0 Å². The van der Waals surface area contributed by atoms with Crippen LogP contribution >= 0.6 is 0 Å². The molecule has 1 heteroatoms. The first-order chi connectivity index (χ1) is 6.75. The van der Waals surface area contributed by atoms with Crippen LogP contribution in [0.25, 0.3) is 0 Å². The van der Waals surface area contributed by atoms with Gasteiger partial charge in [-0.15, -0.1) is 0 Å². The lowest BCUT2D eigenvalue weighted by atomic mass is 9.80. The van der Waals surface area contributed by atoms with Gasteiger partial charge in [0.05, 0.1) is 12.2 Å². The molecule has 2 saturated carbocycles. The predicted molar refractivity (Wildman–Crippen MR) is 57.0 cm³/mol. The van der Waals surface area contributed by atoms with Crippen LogP contribution in [0, 0.1) is 23.7 Å². The molecule has 0 saturated heterocycles. The number of hydrogen-bond acceptors (Lipinski definition) is 1. The summed E-state index contributed by atoms with van der Waals surface area (Å²) in [6.45, 7) is 4.32. The molecule has 0 amide bonds. The third-order valence-electron chi connectivity index (χ3n) is 4.40. The first kappa shape index (κ1) is 8.96. The van der Waals surface area contributed by atoms with E-state index < -0.39 is 0 Å². The molecule has 3 aliphatic carbocycles. The Hall–Kier alpha value is -0.300. The minimum absolute atomic E-state index is 0.406. The first-order valence-electron chi connectivity index (χ1n) is 6.08. The molecule has 0 aromatic heterocycles. The Balaban J connectivity index is 1.73. The van der Waals surface area contributed by atoms with Crippen LogP contribution in [0.3, 0.4) is 0 Å². The number of fused-ring (bicyclic) bond motifs is 5. The second-order valence-corrected chi connectivity index (χ2v) is 5.52. The van der Waals surface area contributed by atoms with Gasteiger partial charge in [0.2, 0.25) is 0 Å². The van der Waals surface area contributed by atoms with Gasteiger partial charge in [-0.3, -0.25) is 0 Å². The Kier molecular flexibility index (Phi) is 1.98. The SMILES string of the molecule is CC(C)OC1C[C@H]2CC1C1C=CCC12. The van der Waals surface area contributed by atoms with E-state index in [0.717, 1.165) is 23.7 Å². The van der Waals surface area contributed by atoms with Crippen molar-refractivity contribution in [3.63, 3.8) is 0 Å². The highest BCUT2D eigenvalue weighted by Gasteiger charge is 2.52. The van der Waals surface area contributed by atoms with E-state index in [0.29, 0.717) is 12.2 Å². The van der Waals surface area contributed by atoms with Gasteiger partial charge in [0.15, 0.2) is 0 Å². The normalized spacial score (nSPS) is 49.2. The Morgan fingerprint density at radius 3 is 2.86 bits per heavy atom. The monoisotopic (exact) mass is 192 g/mol. The van der Waals surface area contributed by atoms with Gasteiger partial charge < -0.3 is 4.74 Å². The van der Waals surface area contributed by atoms with Crippen LogP contribution in [-0.4, -0.2) is 12.2 Å². The number of rotatable bonds is 2. The van der Waals surface area contributed by atoms with Gasteiger partial charge in [0, 0.05) is 0 Å². The lowest BCUT2D eigenvalue weighted by Crippen LogP contribution is -2.32. The van der Waals surface area contributed by atoms with E-state index in [9.17, 15) is 0 Å². The topological polar surface area (TPSA) is 9.23 Å². The van der Waals surface area contributed by atoms with Crippen molar-refractivity contribution in [2.45, 2.75) is 45.3 Å². The van der Waals surface area contributed by atoms with Gasteiger partial charge in [0.1, 0.15) is 0 Å². The molecule has 0 spiro atoms. The molecule has 3 rings (SSSR count). The van der Waals surface area contributed by atoms with Gasteiger partial charge >= 0.3 is 0 Å². The average Bonchev–Trinajstić information content (AvgIpc) is 2.68. The summed E-state index contributed by atoms with van der Waals surface area (Å²) >= 11 is 0. The molecule has 0 N–H and O–H groups in total. The van der Waals surface area contributed by atoms with Gasteiger partial charge in [-0.25, -0.2) is 0 Å². The molecule has 0 aromatic carbocycles. The number of allylic oxidation sites excluding steroid dienone is 2. The zero-order valence-electron chi connectivity index (χ0n) is 9.15. The third kappa shape index (κ3) is 1.18. The van der Waals surface area contributed by atoms with Crippen molar-refractivity contribution in [1.82, 2.24) is 0 Å². The summed E-state index contributed by atoms with van der Waals surface area (Å²) in [5.41, 5.74) is 0. The Morgan fingerprint density at radius 1 is 1.21 bits per heavy atom. The maximum absolute atomic E-state index is 6.02. The molecule has 0 heterocycles. The van der Waals surface area contributed by atoms with E-state index in [1.165, 1.54) is 19.3 Å². The van der Waals surface area contributed by atoms with Gasteiger partial charge in [-0.2, -0.15) is 0 Å². The van der Waals surface area contributed by atoms with E-state index >= 15 is 0 Å². The van der Waals surface area contributed by atoms with Crippen LogP contribution < -0.4 is 0 Å². The lowest BCUT2D eigenvalue weighted by molar-refractivity contribution is -0.0384. The largest absolute Gasteiger partial charge is 0.375 e. The number of ether oxygens (including phenoxy) is 1. The van der Waals surface area contributed by atoms with Crippen molar-refractivity contribution < 1.29 is 4.74 Å². The highest BCUT2D eigenvalue weighted by Crippen LogP contribution is 2.57. The minimum Gasteiger partial charge on any atom is -0.375 e. The van der Waals surface area contributed by atoms with Crippen molar-refractivity contribution in [3.05, 3.63) is 12.2 Å². The summed E-state index contributed by atoms with van der Waals surface area (Å²) in [7, 11) is 0.